The average Bonchev–Trinajstić information content (AvgIpc) is 3.41. The first-order valence-electron chi connectivity index (χ1n) is 14.3. The Morgan fingerprint density at radius 1 is 1.05 bits per heavy atom. The minimum atomic E-state index is -0.730. The summed E-state index contributed by atoms with van der Waals surface area (Å²) in [4.78, 5) is 45.2. The van der Waals surface area contributed by atoms with Crippen LogP contribution >= 0.6 is 11.3 Å². The Bertz CT molecular complexity index is 1910. The maximum atomic E-state index is 14.2. The number of thiazole rings is 1. The molecule has 0 radical (unpaired) electrons. The van der Waals surface area contributed by atoms with Crippen LogP contribution in [0.5, 0.6) is 5.75 Å². The number of nitrogens with zero attached hydrogens (tertiary/aromatic N) is 3. The molecule has 43 heavy (non-hydrogen) atoms. The highest BCUT2D eigenvalue weighted by molar-refractivity contribution is 7.07. The first-order valence-corrected chi connectivity index (χ1v) is 15.2. The number of fused-ring (bicyclic) bond motifs is 2. The number of esters is 2. The van der Waals surface area contributed by atoms with E-state index in [-0.39, 0.29) is 24.2 Å². The summed E-state index contributed by atoms with van der Waals surface area (Å²) in [5.41, 5.74) is 3.82. The number of benzene rings is 2. The van der Waals surface area contributed by atoms with E-state index < -0.39 is 12.0 Å². The van der Waals surface area contributed by atoms with Gasteiger partial charge in [-0.25, -0.2) is 9.79 Å². The SMILES string of the molecule is CCOC(=O)Cn1c(C)c(/C=c2/sc3n(c2=O)[C@H](c2ccc(OCC)cc2)C(C(=O)OC(C)C)=C(C)N=3)c2ccccc21. The van der Waals surface area contributed by atoms with E-state index >= 15 is 0 Å². The van der Waals surface area contributed by atoms with Crippen molar-refractivity contribution in [3.8, 4) is 5.75 Å². The van der Waals surface area contributed by atoms with Gasteiger partial charge in [0.05, 0.1) is 41.2 Å². The van der Waals surface area contributed by atoms with Gasteiger partial charge in [-0.05, 0) is 71.4 Å². The van der Waals surface area contributed by atoms with Gasteiger partial charge in [-0.1, -0.05) is 41.7 Å². The number of ether oxygens (including phenoxy) is 3. The van der Waals surface area contributed by atoms with Gasteiger partial charge in [-0.2, -0.15) is 0 Å². The Balaban J connectivity index is 1.70. The van der Waals surface area contributed by atoms with Crippen molar-refractivity contribution < 1.29 is 23.8 Å². The lowest BCUT2D eigenvalue weighted by molar-refractivity contribution is -0.144. The Hall–Kier alpha value is -4.44. The maximum Gasteiger partial charge on any atom is 0.338 e. The molecule has 9 nitrogen and oxygen atoms in total. The summed E-state index contributed by atoms with van der Waals surface area (Å²) in [6.45, 7) is 11.8. The van der Waals surface area contributed by atoms with Crippen molar-refractivity contribution in [2.45, 2.75) is 60.2 Å². The highest BCUT2D eigenvalue weighted by atomic mass is 32.1. The smallest absolute Gasteiger partial charge is 0.338 e. The Labute approximate surface area is 253 Å². The van der Waals surface area contributed by atoms with E-state index in [4.69, 9.17) is 19.2 Å². The normalized spacial score (nSPS) is 15.0. The van der Waals surface area contributed by atoms with Crippen LogP contribution in [0.25, 0.3) is 17.0 Å². The molecule has 0 bridgehead atoms. The monoisotopic (exact) mass is 601 g/mol. The van der Waals surface area contributed by atoms with Gasteiger partial charge in [0.1, 0.15) is 12.3 Å². The molecule has 0 aliphatic carbocycles. The molecule has 0 fully saturated rings. The molecular formula is C33H35N3O6S. The summed E-state index contributed by atoms with van der Waals surface area (Å²) in [6, 6.07) is 14.4. The van der Waals surface area contributed by atoms with E-state index in [1.54, 1.807) is 32.3 Å². The quantitative estimate of drug-likeness (QED) is 0.264. The van der Waals surface area contributed by atoms with Gasteiger partial charge >= 0.3 is 11.9 Å². The van der Waals surface area contributed by atoms with Gasteiger partial charge in [0, 0.05) is 22.2 Å². The predicted molar refractivity (Wildman–Crippen MR) is 166 cm³/mol. The van der Waals surface area contributed by atoms with Crippen LogP contribution in [0.2, 0.25) is 0 Å². The summed E-state index contributed by atoms with van der Waals surface area (Å²) < 4.78 is 20.4. The second-order valence-electron chi connectivity index (χ2n) is 10.4. The predicted octanol–water partition coefficient (Wildman–Crippen LogP) is 4.41. The molecule has 1 aliphatic heterocycles. The van der Waals surface area contributed by atoms with E-state index in [1.165, 1.54) is 11.3 Å². The fraction of sp³-hybridized carbons (Fsp3) is 0.333. The number of hydrogen-bond acceptors (Lipinski definition) is 8. The molecule has 0 saturated heterocycles. The van der Waals surface area contributed by atoms with E-state index in [9.17, 15) is 14.4 Å². The molecule has 224 valence electrons. The summed E-state index contributed by atoms with van der Waals surface area (Å²) in [6.07, 6.45) is 1.51. The van der Waals surface area contributed by atoms with Gasteiger partial charge in [0.2, 0.25) is 0 Å². The number of allylic oxidation sites excluding steroid dienone is 1. The standard InChI is InChI=1S/C33H35N3O6S/c1-7-40-23-15-13-22(14-16-23)30-29(32(39)42-19(3)4)20(5)34-33-36(30)31(38)27(43-33)17-25-21(6)35(18-28(37)41-8-2)26-12-10-9-11-24(25)26/h9-17,19,30H,7-8,18H2,1-6H3/b27-17+/t30-/m1/s1. The second-order valence-corrected chi connectivity index (χ2v) is 11.5. The van der Waals surface area contributed by atoms with E-state index in [0.29, 0.717) is 39.6 Å². The van der Waals surface area contributed by atoms with E-state index in [2.05, 4.69) is 0 Å². The van der Waals surface area contributed by atoms with Crippen molar-refractivity contribution >= 4 is 40.3 Å². The third-order valence-electron chi connectivity index (χ3n) is 7.24. The van der Waals surface area contributed by atoms with Crippen molar-refractivity contribution in [1.29, 1.82) is 0 Å². The molecule has 1 atom stereocenters. The van der Waals surface area contributed by atoms with Crippen LogP contribution in [0.1, 0.15) is 57.5 Å². The van der Waals surface area contributed by atoms with E-state index in [0.717, 1.165) is 27.7 Å². The Morgan fingerprint density at radius 3 is 2.44 bits per heavy atom. The number of para-hydroxylation sites is 1. The van der Waals surface area contributed by atoms with Gasteiger partial charge < -0.3 is 18.8 Å². The third kappa shape index (κ3) is 5.79. The van der Waals surface area contributed by atoms with Crippen LogP contribution in [0.3, 0.4) is 0 Å². The third-order valence-corrected chi connectivity index (χ3v) is 8.22. The number of carbonyl (C=O) groups excluding carboxylic acids is 2. The number of rotatable bonds is 9. The molecule has 0 saturated carbocycles. The van der Waals surface area contributed by atoms with Crippen molar-refractivity contribution in [2.75, 3.05) is 13.2 Å². The maximum absolute atomic E-state index is 14.2. The Kier molecular flexibility index (Phi) is 8.68. The average molecular weight is 602 g/mol. The first kappa shape index (κ1) is 30.0. The summed E-state index contributed by atoms with van der Waals surface area (Å²) >= 11 is 1.26. The molecule has 1 aliphatic rings. The topological polar surface area (TPSA) is 101 Å². The number of carbonyl (C=O) groups is 2. The zero-order valence-electron chi connectivity index (χ0n) is 25.2. The van der Waals surface area contributed by atoms with E-state index in [1.807, 2.05) is 73.0 Å². The first-order chi connectivity index (χ1) is 20.6. The van der Waals surface area contributed by atoms with Crippen LogP contribution in [0.15, 0.2) is 69.6 Å². The van der Waals surface area contributed by atoms with Crippen LogP contribution in [0, 0.1) is 6.92 Å². The summed E-state index contributed by atoms with van der Waals surface area (Å²) in [7, 11) is 0. The molecule has 0 amide bonds. The van der Waals surface area contributed by atoms with Crippen molar-refractivity contribution in [1.82, 2.24) is 9.13 Å². The highest BCUT2D eigenvalue weighted by Crippen LogP contribution is 2.32. The molecule has 4 aromatic rings. The molecule has 2 aromatic carbocycles. The fourth-order valence-corrected chi connectivity index (χ4v) is 6.43. The van der Waals surface area contributed by atoms with Crippen molar-refractivity contribution in [3.63, 3.8) is 0 Å². The van der Waals surface area contributed by atoms with Crippen LogP contribution in [-0.2, 0) is 25.6 Å². The van der Waals surface area contributed by atoms with Gasteiger partial charge in [0.15, 0.2) is 4.80 Å². The molecule has 10 heteroatoms. The molecule has 0 unspecified atom stereocenters. The molecule has 5 rings (SSSR count). The number of aromatic nitrogens is 2. The highest BCUT2D eigenvalue weighted by Gasteiger charge is 2.34. The number of hydrogen-bond donors (Lipinski definition) is 0. The lowest BCUT2D eigenvalue weighted by Crippen LogP contribution is -2.40. The lowest BCUT2D eigenvalue weighted by atomic mass is 9.96. The van der Waals surface area contributed by atoms with Crippen molar-refractivity contribution in [2.24, 2.45) is 4.99 Å². The molecular weight excluding hydrogens is 566 g/mol. The summed E-state index contributed by atoms with van der Waals surface area (Å²) in [5, 5.41) is 0.913. The van der Waals surface area contributed by atoms with Crippen LogP contribution in [-0.4, -0.2) is 40.4 Å². The summed E-state index contributed by atoms with van der Waals surface area (Å²) in [5.74, 6) is -0.147. The van der Waals surface area contributed by atoms with Gasteiger partial charge in [-0.15, -0.1) is 0 Å². The van der Waals surface area contributed by atoms with Crippen LogP contribution in [0.4, 0.5) is 0 Å². The lowest BCUT2D eigenvalue weighted by Gasteiger charge is -2.25. The minimum absolute atomic E-state index is 0.0630. The van der Waals surface area contributed by atoms with Crippen LogP contribution < -0.4 is 19.6 Å². The zero-order chi connectivity index (χ0) is 30.8. The molecule has 3 heterocycles. The minimum Gasteiger partial charge on any atom is -0.494 e. The zero-order valence-corrected chi connectivity index (χ0v) is 26.0. The van der Waals surface area contributed by atoms with Gasteiger partial charge in [0.25, 0.3) is 5.56 Å². The molecule has 0 spiro atoms. The molecule has 0 N–H and O–H groups in total. The second kappa shape index (κ2) is 12.4. The van der Waals surface area contributed by atoms with Gasteiger partial charge in [-0.3, -0.25) is 14.2 Å². The Morgan fingerprint density at radius 2 is 1.77 bits per heavy atom. The largest absolute Gasteiger partial charge is 0.494 e. The molecule has 2 aromatic heterocycles. The fourth-order valence-electron chi connectivity index (χ4n) is 5.40. The van der Waals surface area contributed by atoms with Crippen molar-refractivity contribution in [3.05, 3.63) is 96.3 Å².